The minimum atomic E-state index is -3.29. The molecular formula is C21H30N4O3S. The molecule has 2 aliphatic rings. The third-order valence-corrected chi connectivity index (χ3v) is 7.70. The molecule has 3 heterocycles. The molecule has 1 aromatic heterocycles. The molecule has 1 fully saturated rings. The van der Waals surface area contributed by atoms with Gasteiger partial charge in [0.2, 0.25) is 10.0 Å². The topological polar surface area (TPSA) is 67.7 Å². The van der Waals surface area contributed by atoms with E-state index in [9.17, 15) is 8.42 Å². The molecule has 1 aromatic carbocycles. The average molecular weight is 419 g/mol. The smallest absolute Gasteiger partial charge is 0.218 e. The number of hydrogen-bond donors (Lipinski definition) is 0. The SMILES string of the molecule is CCn1nc(CN2CCN(S(=O)(=O)Cc3ccc(C)cc3)CC2)c2c1CCOC2. The van der Waals surface area contributed by atoms with Crippen molar-refractivity contribution in [2.24, 2.45) is 0 Å². The average Bonchev–Trinajstić information content (AvgIpc) is 3.08. The molecule has 0 bridgehead atoms. The summed E-state index contributed by atoms with van der Waals surface area (Å²) in [4.78, 5) is 2.30. The summed E-state index contributed by atoms with van der Waals surface area (Å²) in [6, 6.07) is 7.72. The highest BCUT2D eigenvalue weighted by Gasteiger charge is 2.29. The molecule has 2 aromatic rings. The van der Waals surface area contributed by atoms with Crippen LogP contribution in [0.5, 0.6) is 0 Å². The Morgan fingerprint density at radius 2 is 1.83 bits per heavy atom. The van der Waals surface area contributed by atoms with E-state index < -0.39 is 10.0 Å². The molecule has 2 aliphatic heterocycles. The van der Waals surface area contributed by atoms with Gasteiger partial charge in [0.05, 0.1) is 24.7 Å². The van der Waals surface area contributed by atoms with E-state index in [2.05, 4.69) is 16.5 Å². The van der Waals surface area contributed by atoms with Gasteiger partial charge in [-0.1, -0.05) is 29.8 Å². The first kappa shape index (κ1) is 20.5. The number of aromatic nitrogens is 2. The number of rotatable bonds is 6. The predicted octanol–water partition coefficient (Wildman–Crippen LogP) is 1.93. The molecule has 0 radical (unpaired) electrons. The summed E-state index contributed by atoms with van der Waals surface area (Å²) < 4.78 is 35.0. The molecule has 1 saturated heterocycles. The number of piperazine rings is 1. The minimum absolute atomic E-state index is 0.0685. The van der Waals surface area contributed by atoms with Crippen molar-refractivity contribution in [1.82, 2.24) is 19.0 Å². The normalized spacial score (nSPS) is 18.7. The second kappa shape index (κ2) is 8.55. The molecule has 0 aliphatic carbocycles. The molecule has 0 unspecified atom stereocenters. The first-order chi connectivity index (χ1) is 14.0. The van der Waals surface area contributed by atoms with Crippen molar-refractivity contribution in [3.05, 3.63) is 52.3 Å². The van der Waals surface area contributed by atoms with Gasteiger partial charge in [0.15, 0.2) is 0 Å². The lowest BCUT2D eigenvalue weighted by molar-refractivity contribution is 0.107. The number of nitrogens with zero attached hydrogens (tertiary/aromatic N) is 4. The molecule has 7 nitrogen and oxygen atoms in total. The number of benzene rings is 1. The molecule has 0 atom stereocenters. The predicted molar refractivity (Wildman–Crippen MR) is 112 cm³/mol. The van der Waals surface area contributed by atoms with Gasteiger partial charge in [-0.25, -0.2) is 8.42 Å². The van der Waals surface area contributed by atoms with Crippen molar-refractivity contribution < 1.29 is 13.2 Å². The van der Waals surface area contributed by atoms with Crippen molar-refractivity contribution in [2.75, 3.05) is 32.8 Å². The van der Waals surface area contributed by atoms with E-state index in [1.165, 1.54) is 11.3 Å². The highest BCUT2D eigenvalue weighted by atomic mass is 32.2. The van der Waals surface area contributed by atoms with Crippen LogP contribution in [0.4, 0.5) is 0 Å². The first-order valence-electron chi connectivity index (χ1n) is 10.4. The van der Waals surface area contributed by atoms with Crippen molar-refractivity contribution in [3.63, 3.8) is 0 Å². The molecule has 0 amide bonds. The quantitative estimate of drug-likeness (QED) is 0.717. The Balaban J connectivity index is 1.37. The van der Waals surface area contributed by atoms with Gasteiger partial charge in [-0.05, 0) is 19.4 Å². The van der Waals surface area contributed by atoms with Gasteiger partial charge in [0.1, 0.15) is 0 Å². The summed E-state index contributed by atoms with van der Waals surface area (Å²) in [5, 5.41) is 4.80. The van der Waals surface area contributed by atoms with E-state index in [1.54, 1.807) is 4.31 Å². The summed E-state index contributed by atoms with van der Waals surface area (Å²) >= 11 is 0. The van der Waals surface area contributed by atoms with Gasteiger partial charge in [-0.2, -0.15) is 9.40 Å². The number of sulfonamides is 1. The van der Waals surface area contributed by atoms with E-state index >= 15 is 0 Å². The fourth-order valence-corrected chi connectivity index (χ4v) is 5.65. The van der Waals surface area contributed by atoms with Crippen LogP contribution in [0.3, 0.4) is 0 Å². The van der Waals surface area contributed by atoms with Crippen LogP contribution in [0.15, 0.2) is 24.3 Å². The lowest BCUT2D eigenvalue weighted by Gasteiger charge is -2.33. The maximum absolute atomic E-state index is 12.8. The molecular weight excluding hydrogens is 388 g/mol. The summed E-state index contributed by atoms with van der Waals surface area (Å²) in [5.41, 5.74) is 5.59. The number of ether oxygens (including phenoxy) is 1. The number of fused-ring (bicyclic) bond motifs is 1. The van der Waals surface area contributed by atoms with Crippen LogP contribution in [0, 0.1) is 6.92 Å². The summed E-state index contributed by atoms with van der Waals surface area (Å²) in [5.74, 6) is 0.0685. The molecule has 29 heavy (non-hydrogen) atoms. The Kier molecular flexibility index (Phi) is 6.06. The summed E-state index contributed by atoms with van der Waals surface area (Å²) in [6.07, 6.45) is 0.918. The van der Waals surface area contributed by atoms with Crippen molar-refractivity contribution in [3.8, 4) is 0 Å². The molecule has 0 spiro atoms. The highest BCUT2D eigenvalue weighted by Crippen LogP contribution is 2.23. The third kappa shape index (κ3) is 4.55. The first-order valence-corrected chi connectivity index (χ1v) is 12.0. The molecule has 4 rings (SSSR count). The zero-order valence-corrected chi connectivity index (χ0v) is 18.1. The van der Waals surface area contributed by atoms with E-state index in [-0.39, 0.29) is 5.75 Å². The standard InChI is InChI=1S/C21H30N4O3S/c1-3-25-21-8-13-28-15-19(21)20(22-25)14-23-9-11-24(12-10-23)29(26,27)16-18-6-4-17(2)5-7-18/h4-7H,3,8-16H2,1-2H3. The molecule has 0 N–H and O–H groups in total. The van der Waals surface area contributed by atoms with Crippen molar-refractivity contribution >= 4 is 10.0 Å². The van der Waals surface area contributed by atoms with Gasteiger partial charge in [-0.3, -0.25) is 9.58 Å². The van der Waals surface area contributed by atoms with Crippen molar-refractivity contribution in [2.45, 2.75) is 45.7 Å². The summed E-state index contributed by atoms with van der Waals surface area (Å²) in [6.45, 7) is 9.64. The van der Waals surface area contributed by atoms with Crippen LogP contribution in [0.1, 0.15) is 35.0 Å². The maximum atomic E-state index is 12.8. The van der Waals surface area contributed by atoms with Crippen molar-refractivity contribution in [1.29, 1.82) is 0 Å². The lowest BCUT2D eigenvalue weighted by Crippen LogP contribution is -2.48. The second-order valence-corrected chi connectivity index (χ2v) is 9.88. The van der Waals surface area contributed by atoms with E-state index in [0.717, 1.165) is 56.0 Å². The van der Waals surface area contributed by atoms with Gasteiger partial charge in [0.25, 0.3) is 0 Å². The Morgan fingerprint density at radius 3 is 2.52 bits per heavy atom. The lowest BCUT2D eigenvalue weighted by atomic mass is 10.1. The van der Waals surface area contributed by atoms with Crippen LogP contribution in [0.2, 0.25) is 0 Å². The molecule has 0 saturated carbocycles. The van der Waals surface area contributed by atoms with Gasteiger partial charge in [-0.15, -0.1) is 0 Å². The van der Waals surface area contributed by atoms with Crippen LogP contribution in [-0.4, -0.2) is 60.2 Å². The van der Waals surface area contributed by atoms with Gasteiger partial charge in [0, 0.05) is 56.9 Å². The monoisotopic (exact) mass is 418 g/mol. The zero-order valence-electron chi connectivity index (χ0n) is 17.3. The Bertz CT molecular complexity index is 945. The Morgan fingerprint density at radius 1 is 1.10 bits per heavy atom. The van der Waals surface area contributed by atoms with E-state index in [0.29, 0.717) is 19.7 Å². The Labute approximate surface area is 173 Å². The van der Waals surface area contributed by atoms with Gasteiger partial charge >= 0.3 is 0 Å². The fraction of sp³-hybridized carbons (Fsp3) is 0.571. The third-order valence-electron chi connectivity index (χ3n) is 5.85. The van der Waals surface area contributed by atoms with Crippen LogP contribution in [-0.2, 0) is 46.6 Å². The largest absolute Gasteiger partial charge is 0.376 e. The fourth-order valence-electron chi connectivity index (χ4n) is 4.13. The maximum Gasteiger partial charge on any atom is 0.218 e. The summed E-state index contributed by atoms with van der Waals surface area (Å²) in [7, 11) is -3.29. The number of aryl methyl sites for hydroxylation is 2. The minimum Gasteiger partial charge on any atom is -0.376 e. The van der Waals surface area contributed by atoms with E-state index in [4.69, 9.17) is 9.84 Å². The second-order valence-electron chi connectivity index (χ2n) is 7.91. The van der Waals surface area contributed by atoms with Crippen LogP contribution in [0.25, 0.3) is 0 Å². The van der Waals surface area contributed by atoms with Gasteiger partial charge < -0.3 is 4.74 Å². The number of hydrogen-bond acceptors (Lipinski definition) is 5. The molecule has 158 valence electrons. The van der Waals surface area contributed by atoms with Crippen LogP contribution >= 0.6 is 0 Å². The molecule has 8 heteroatoms. The zero-order chi connectivity index (χ0) is 20.4. The van der Waals surface area contributed by atoms with Crippen LogP contribution < -0.4 is 0 Å². The highest BCUT2D eigenvalue weighted by molar-refractivity contribution is 7.88. The Hall–Kier alpha value is -1.74. The van der Waals surface area contributed by atoms with E-state index in [1.807, 2.05) is 31.2 Å².